The number of rotatable bonds is 4. The van der Waals surface area contributed by atoms with Gasteiger partial charge < -0.3 is 10.1 Å². The quantitative estimate of drug-likeness (QED) is 0.911. The van der Waals surface area contributed by atoms with E-state index in [1.54, 1.807) is 0 Å². The molecule has 2 heterocycles. The second-order valence-corrected chi connectivity index (χ2v) is 7.04. The van der Waals surface area contributed by atoms with E-state index in [1.807, 2.05) is 12.4 Å². The Bertz CT molecular complexity index is 468. The van der Waals surface area contributed by atoms with Crippen LogP contribution in [0.25, 0.3) is 0 Å². The van der Waals surface area contributed by atoms with Crippen LogP contribution >= 0.6 is 0 Å². The van der Waals surface area contributed by atoms with Gasteiger partial charge in [-0.3, -0.25) is 4.98 Å². The fourth-order valence-electron chi connectivity index (χ4n) is 3.65. The standard InChI is InChI=1S/C17H28N2O/c1-7-19-15(13-8-9-18-11-12(13)2)14-10-16(3,4)20-17(14,5)6/h8-9,11,14-15,19H,7,10H2,1-6H3. The van der Waals surface area contributed by atoms with Gasteiger partial charge in [0.15, 0.2) is 0 Å². The summed E-state index contributed by atoms with van der Waals surface area (Å²) < 4.78 is 6.28. The molecule has 112 valence electrons. The third kappa shape index (κ3) is 3.04. The molecule has 1 saturated heterocycles. The lowest BCUT2D eigenvalue weighted by Crippen LogP contribution is -2.38. The summed E-state index contributed by atoms with van der Waals surface area (Å²) in [5.74, 6) is 0.457. The van der Waals surface area contributed by atoms with Gasteiger partial charge in [0.2, 0.25) is 0 Å². The predicted molar refractivity (Wildman–Crippen MR) is 82.7 cm³/mol. The number of ether oxygens (including phenoxy) is 1. The van der Waals surface area contributed by atoms with E-state index >= 15 is 0 Å². The Kier molecular flexibility index (Phi) is 4.22. The zero-order valence-corrected chi connectivity index (χ0v) is 13.7. The Morgan fingerprint density at radius 3 is 2.60 bits per heavy atom. The van der Waals surface area contributed by atoms with Crippen molar-refractivity contribution in [2.45, 2.75) is 65.2 Å². The van der Waals surface area contributed by atoms with Gasteiger partial charge in [0, 0.05) is 24.4 Å². The number of hydrogen-bond acceptors (Lipinski definition) is 3. The van der Waals surface area contributed by atoms with Crippen LogP contribution in [0.15, 0.2) is 18.5 Å². The van der Waals surface area contributed by atoms with Crippen LogP contribution in [-0.2, 0) is 4.74 Å². The summed E-state index contributed by atoms with van der Waals surface area (Å²) in [6.07, 6.45) is 4.91. The van der Waals surface area contributed by atoms with Crippen molar-refractivity contribution in [1.82, 2.24) is 10.3 Å². The number of hydrogen-bond donors (Lipinski definition) is 1. The van der Waals surface area contributed by atoms with Gasteiger partial charge in [-0.1, -0.05) is 6.92 Å². The highest BCUT2D eigenvalue weighted by Crippen LogP contribution is 2.47. The second kappa shape index (κ2) is 5.45. The van der Waals surface area contributed by atoms with Crippen molar-refractivity contribution in [2.24, 2.45) is 5.92 Å². The van der Waals surface area contributed by atoms with Gasteiger partial charge in [-0.05, 0) is 64.8 Å². The Morgan fingerprint density at radius 2 is 2.10 bits per heavy atom. The molecular weight excluding hydrogens is 248 g/mol. The van der Waals surface area contributed by atoms with Crippen molar-refractivity contribution in [3.8, 4) is 0 Å². The van der Waals surface area contributed by atoms with Crippen molar-refractivity contribution in [3.05, 3.63) is 29.6 Å². The average molecular weight is 276 g/mol. The number of pyridine rings is 1. The number of nitrogens with one attached hydrogen (secondary N) is 1. The van der Waals surface area contributed by atoms with Crippen LogP contribution in [0.1, 0.15) is 58.2 Å². The molecule has 1 N–H and O–H groups in total. The van der Waals surface area contributed by atoms with E-state index in [1.165, 1.54) is 11.1 Å². The van der Waals surface area contributed by atoms with E-state index in [2.05, 4.69) is 57.9 Å². The third-order valence-corrected chi connectivity index (χ3v) is 4.37. The van der Waals surface area contributed by atoms with Gasteiger partial charge in [0.05, 0.1) is 11.2 Å². The van der Waals surface area contributed by atoms with E-state index in [4.69, 9.17) is 4.74 Å². The monoisotopic (exact) mass is 276 g/mol. The number of aryl methyl sites for hydroxylation is 1. The van der Waals surface area contributed by atoms with E-state index < -0.39 is 0 Å². The molecule has 0 amide bonds. The molecule has 1 aromatic heterocycles. The Labute approximate surface area is 123 Å². The molecule has 20 heavy (non-hydrogen) atoms. The first-order chi connectivity index (χ1) is 9.27. The van der Waals surface area contributed by atoms with Crippen LogP contribution in [0.4, 0.5) is 0 Å². The Balaban J connectivity index is 2.37. The van der Waals surface area contributed by atoms with Crippen LogP contribution in [-0.4, -0.2) is 22.7 Å². The van der Waals surface area contributed by atoms with Crippen molar-refractivity contribution < 1.29 is 4.74 Å². The molecule has 2 atom stereocenters. The lowest BCUT2D eigenvalue weighted by Gasteiger charge is -2.34. The lowest BCUT2D eigenvalue weighted by atomic mass is 9.78. The molecule has 1 aliphatic rings. The van der Waals surface area contributed by atoms with Crippen LogP contribution in [0, 0.1) is 12.8 Å². The van der Waals surface area contributed by atoms with Gasteiger partial charge in [0.25, 0.3) is 0 Å². The summed E-state index contributed by atoms with van der Waals surface area (Å²) in [6, 6.07) is 2.46. The fraction of sp³-hybridized carbons (Fsp3) is 0.706. The van der Waals surface area contributed by atoms with Crippen LogP contribution in [0.5, 0.6) is 0 Å². The molecule has 2 rings (SSSR count). The van der Waals surface area contributed by atoms with Gasteiger partial charge in [-0.15, -0.1) is 0 Å². The highest BCUT2D eigenvalue weighted by molar-refractivity contribution is 5.27. The van der Waals surface area contributed by atoms with Crippen LogP contribution in [0.2, 0.25) is 0 Å². The Morgan fingerprint density at radius 1 is 1.40 bits per heavy atom. The van der Waals surface area contributed by atoms with Crippen LogP contribution in [0.3, 0.4) is 0 Å². The molecule has 3 nitrogen and oxygen atoms in total. The first kappa shape index (κ1) is 15.5. The highest BCUT2D eigenvalue weighted by atomic mass is 16.5. The largest absolute Gasteiger partial charge is 0.369 e. The maximum atomic E-state index is 6.28. The summed E-state index contributed by atoms with van der Waals surface area (Å²) in [7, 11) is 0. The molecule has 0 radical (unpaired) electrons. The van der Waals surface area contributed by atoms with Gasteiger partial charge in [-0.2, -0.15) is 0 Å². The fourth-order valence-corrected chi connectivity index (χ4v) is 3.65. The maximum absolute atomic E-state index is 6.28. The minimum absolute atomic E-state index is 0.0528. The van der Waals surface area contributed by atoms with Gasteiger partial charge >= 0.3 is 0 Å². The van der Waals surface area contributed by atoms with E-state index in [0.717, 1.165) is 13.0 Å². The Hall–Kier alpha value is -0.930. The van der Waals surface area contributed by atoms with Crippen molar-refractivity contribution in [1.29, 1.82) is 0 Å². The predicted octanol–water partition coefficient (Wildman–Crippen LogP) is 3.63. The SMILES string of the molecule is CCNC(c1ccncc1C)C1CC(C)(C)OC1(C)C. The zero-order chi connectivity index (χ0) is 15.0. The van der Waals surface area contributed by atoms with E-state index in [-0.39, 0.29) is 11.2 Å². The molecule has 1 fully saturated rings. The van der Waals surface area contributed by atoms with Crippen molar-refractivity contribution in [3.63, 3.8) is 0 Å². The second-order valence-electron chi connectivity index (χ2n) is 7.04. The molecule has 3 heteroatoms. The van der Waals surface area contributed by atoms with Crippen LogP contribution < -0.4 is 5.32 Å². The van der Waals surface area contributed by atoms with Gasteiger partial charge in [0.1, 0.15) is 0 Å². The summed E-state index contributed by atoms with van der Waals surface area (Å²) >= 11 is 0. The minimum atomic E-state index is -0.119. The van der Waals surface area contributed by atoms with E-state index in [0.29, 0.717) is 12.0 Å². The van der Waals surface area contributed by atoms with Crippen molar-refractivity contribution in [2.75, 3.05) is 6.54 Å². The molecule has 0 bridgehead atoms. The first-order valence-corrected chi connectivity index (χ1v) is 7.61. The molecule has 0 saturated carbocycles. The molecular formula is C17H28N2O. The molecule has 1 aromatic rings. The maximum Gasteiger partial charge on any atom is 0.0681 e. The third-order valence-electron chi connectivity index (χ3n) is 4.37. The summed E-state index contributed by atoms with van der Waals surface area (Å²) in [6.45, 7) is 14.1. The van der Waals surface area contributed by atoms with Crippen molar-refractivity contribution >= 4 is 0 Å². The molecule has 0 spiro atoms. The molecule has 0 aliphatic carbocycles. The first-order valence-electron chi connectivity index (χ1n) is 7.61. The molecule has 2 unspecified atom stereocenters. The summed E-state index contributed by atoms with van der Waals surface area (Å²) in [5, 5.41) is 3.67. The summed E-state index contributed by atoms with van der Waals surface area (Å²) in [5.41, 5.74) is 2.43. The molecule has 0 aromatic carbocycles. The number of nitrogens with zero attached hydrogens (tertiary/aromatic N) is 1. The zero-order valence-electron chi connectivity index (χ0n) is 13.7. The van der Waals surface area contributed by atoms with Gasteiger partial charge in [-0.25, -0.2) is 0 Å². The summed E-state index contributed by atoms with van der Waals surface area (Å²) in [4.78, 5) is 4.22. The minimum Gasteiger partial charge on any atom is -0.369 e. The highest BCUT2D eigenvalue weighted by Gasteiger charge is 2.49. The normalized spacial score (nSPS) is 25.6. The lowest BCUT2D eigenvalue weighted by molar-refractivity contribution is -0.0778. The topological polar surface area (TPSA) is 34.2 Å². The number of aromatic nitrogens is 1. The van der Waals surface area contributed by atoms with E-state index in [9.17, 15) is 0 Å². The smallest absolute Gasteiger partial charge is 0.0681 e. The average Bonchev–Trinajstić information content (AvgIpc) is 2.55. The molecule has 1 aliphatic heterocycles.